The Morgan fingerprint density at radius 1 is 1.11 bits per heavy atom. The Bertz CT molecular complexity index is 936. The number of methoxy groups -OCH3 is 2. The zero-order valence-electron chi connectivity index (χ0n) is 16.5. The molecule has 6 nitrogen and oxygen atoms in total. The van der Waals surface area contributed by atoms with Crippen molar-refractivity contribution in [2.24, 2.45) is 0 Å². The Balaban J connectivity index is 1.54. The van der Waals surface area contributed by atoms with Crippen molar-refractivity contribution in [3.63, 3.8) is 0 Å². The van der Waals surface area contributed by atoms with Crippen molar-refractivity contribution in [3.05, 3.63) is 59.5 Å². The smallest absolute Gasteiger partial charge is 0.241 e. The van der Waals surface area contributed by atoms with Crippen LogP contribution in [-0.2, 0) is 6.54 Å². The van der Waals surface area contributed by atoms with Crippen LogP contribution >= 0.6 is 0 Å². The van der Waals surface area contributed by atoms with Gasteiger partial charge in [0.1, 0.15) is 11.5 Å². The molecule has 1 fully saturated rings. The van der Waals surface area contributed by atoms with E-state index in [0.29, 0.717) is 18.3 Å². The molecule has 1 saturated heterocycles. The Labute approximate surface area is 165 Å². The Morgan fingerprint density at radius 3 is 2.68 bits per heavy atom. The van der Waals surface area contributed by atoms with Gasteiger partial charge >= 0.3 is 0 Å². The van der Waals surface area contributed by atoms with Gasteiger partial charge in [-0.05, 0) is 44.5 Å². The van der Waals surface area contributed by atoms with Crippen molar-refractivity contribution in [3.8, 4) is 22.9 Å². The Hall–Kier alpha value is -2.86. The minimum Gasteiger partial charge on any atom is -0.497 e. The summed E-state index contributed by atoms with van der Waals surface area (Å²) in [4.78, 5) is 6.97. The van der Waals surface area contributed by atoms with Gasteiger partial charge in [-0.1, -0.05) is 35.0 Å². The highest BCUT2D eigenvalue weighted by atomic mass is 16.5. The highest BCUT2D eigenvalue weighted by molar-refractivity contribution is 5.54. The first-order valence-electron chi connectivity index (χ1n) is 9.53. The molecule has 2 heterocycles. The van der Waals surface area contributed by atoms with Gasteiger partial charge in [-0.15, -0.1) is 0 Å². The van der Waals surface area contributed by atoms with Gasteiger partial charge in [-0.2, -0.15) is 4.98 Å². The molecule has 0 amide bonds. The molecule has 1 aliphatic heterocycles. The molecule has 1 aromatic heterocycles. The number of hydrogen-bond acceptors (Lipinski definition) is 6. The van der Waals surface area contributed by atoms with Crippen LogP contribution in [0.1, 0.15) is 35.9 Å². The zero-order chi connectivity index (χ0) is 19.5. The summed E-state index contributed by atoms with van der Waals surface area (Å²) in [6.07, 6.45) is 2.17. The Kier molecular flexibility index (Phi) is 5.30. The van der Waals surface area contributed by atoms with Gasteiger partial charge in [0.2, 0.25) is 11.7 Å². The second-order valence-corrected chi connectivity index (χ2v) is 7.11. The van der Waals surface area contributed by atoms with E-state index in [4.69, 9.17) is 14.0 Å². The van der Waals surface area contributed by atoms with Crippen molar-refractivity contribution in [1.29, 1.82) is 0 Å². The Morgan fingerprint density at radius 2 is 1.93 bits per heavy atom. The standard InChI is InChI=1S/C22H25N3O3/c1-15-6-8-16(9-7-15)22-23-21(28-24-22)14-25-12-4-5-19(25)18-13-17(26-2)10-11-20(18)27-3/h6-11,13,19H,4-5,12,14H2,1-3H3/t19-/m0/s1. The summed E-state index contributed by atoms with van der Waals surface area (Å²) in [6.45, 7) is 3.66. The number of aryl methyl sites for hydroxylation is 1. The number of hydrogen-bond donors (Lipinski definition) is 0. The van der Waals surface area contributed by atoms with Gasteiger partial charge in [0.05, 0.1) is 20.8 Å². The summed E-state index contributed by atoms with van der Waals surface area (Å²) in [5.74, 6) is 2.97. The number of rotatable bonds is 6. The maximum Gasteiger partial charge on any atom is 0.241 e. The second-order valence-electron chi connectivity index (χ2n) is 7.11. The fourth-order valence-corrected chi connectivity index (χ4v) is 3.78. The van der Waals surface area contributed by atoms with E-state index in [2.05, 4.69) is 40.2 Å². The minimum atomic E-state index is 0.236. The molecular weight excluding hydrogens is 354 g/mol. The first-order valence-corrected chi connectivity index (χ1v) is 9.53. The molecular formula is C22H25N3O3. The summed E-state index contributed by atoms with van der Waals surface area (Å²) >= 11 is 0. The average molecular weight is 379 g/mol. The van der Waals surface area contributed by atoms with Gasteiger partial charge in [0, 0.05) is 17.2 Å². The number of likely N-dealkylation sites (tertiary alicyclic amines) is 1. The van der Waals surface area contributed by atoms with Crippen LogP contribution in [0.4, 0.5) is 0 Å². The highest BCUT2D eigenvalue weighted by Crippen LogP contribution is 2.39. The largest absolute Gasteiger partial charge is 0.497 e. The van der Waals surface area contributed by atoms with Gasteiger partial charge in [0.25, 0.3) is 0 Å². The van der Waals surface area contributed by atoms with Crippen LogP contribution in [-0.4, -0.2) is 35.8 Å². The molecule has 0 unspecified atom stereocenters. The van der Waals surface area contributed by atoms with Crippen LogP contribution in [0.25, 0.3) is 11.4 Å². The zero-order valence-corrected chi connectivity index (χ0v) is 16.5. The predicted octanol–water partition coefficient (Wildman–Crippen LogP) is 4.40. The summed E-state index contributed by atoms with van der Waals surface area (Å²) in [6, 6.07) is 14.3. The van der Waals surface area contributed by atoms with E-state index in [-0.39, 0.29) is 6.04 Å². The van der Waals surface area contributed by atoms with Crippen molar-refractivity contribution in [2.75, 3.05) is 20.8 Å². The molecule has 6 heteroatoms. The van der Waals surface area contributed by atoms with Gasteiger partial charge in [-0.25, -0.2) is 0 Å². The molecule has 0 saturated carbocycles. The number of benzene rings is 2. The molecule has 4 rings (SSSR count). The lowest BCUT2D eigenvalue weighted by molar-refractivity contribution is 0.209. The van der Waals surface area contributed by atoms with E-state index in [1.54, 1.807) is 14.2 Å². The SMILES string of the molecule is COc1ccc(OC)c([C@@H]2CCCN2Cc2nc(-c3ccc(C)cc3)no2)c1. The number of aromatic nitrogens is 2. The van der Waals surface area contributed by atoms with E-state index in [1.165, 1.54) is 5.56 Å². The highest BCUT2D eigenvalue weighted by Gasteiger charge is 2.30. The topological polar surface area (TPSA) is 60.6 Å². The molecule has 0 aliphatic carbocycles. The molecule has 3 aromatic rings. The molecule has 1 atom stereocenters. The van der Waals surface area contributed by atoms with Crippen molar-refractivity contribution >= 4 is 0 Å². The van der Waals surface area contributed by atoms with Crippen molar-refractivity contribution in [1.82, 2.24) is 15.0 Å². The lowest BCUT2D eigenvalue weighted by Gasteiger charge is -2.25. The minimum absolute atomic E-state index is 0.236. The molecule has 1 aliphatic rings. The van der Waals surface area contributed by atoms with Crippen molar-refractivity contribution in [2.45, 2.75) is 32.4 Å². The summed E-state index contributed by atoms with van der Waals surface area (Å²) < 4.78 is 16.5. The number of ether oxygens (including phenoxy) is 2. The second kappa shape index (κ2) is 8.02. The third-order valence-electron chi connectivity index (χ3n) is 5.28. The van der Waals surface area contributed by atoms with Gasteiger partial charge in [0.15, 0.2) is 0 Å². The van der Waals surface area contributed by atoms with E-state index in [1.807, 2.05) is 24.3 Å². The fraction of sp³-hybridized carbons (Fsp3) is 0.364. The average Bonchev–Trinajstić information content (AvgIpc) is 3.38. The maximum atomic E-state index is 5.59. The van der Waals surface area contributed by atoms with E-state index < -0.39 is 0 Å². The van der Waals surface area contributed by atoms with Crippen LogP contribution in [0.3, 0.4) is 0 Å². The lowest BCUT2D eigenvalue weighted by atomic mass is 10.0. The molecule has 28 heavy (non-hydrogen) atoms. The fourth-order valence-electron chi connectivity index (χ4n) is 3.78. The van der Waals surface area contributed by atoms with E-state index >= 15 is 0 Å². The first kappa shape index (κ1) is 18.5. The molecule has 0 radical (unpaired) electrons. The molecule has 0 N–H and O–H groups in total. The lowest BCUT2D eigenvalue weighted by Crippen LogP contribution is -2.23. The van der Waals surface area contributed by atoms with Crippen LogP contribution in [0.2, 0.25) is 0 Å². The third-order valence-corrected chi connectivity index (χ3v) is 5.28. The van der Waals surface area contributed by atoms with Gasteiger partial charge in [-0.3, -0.25) is 4.90 Å². The summed E-state index contributed by atoms with van der Waals surface area (Å²) in [5, 5.41) is 4.16. The number of nitrogens with zero attached hydrogens (tertiary/aromatic N) is 3. The first-order chi connectivity index (χ1) is 13.7. The summed E-state index contributed by atoms with van der Waals surface area (Å²) in [7, 11) is 3.39. The van der Waals surface area contributed by atoms with Crippen LogP contribution < -0.4 is 9.47 Å². The van der Waals surface area contributed by atoms with E-state index in [9.17, 15) is 0 Å². The maximum absolute atomic E-state index is 5.59. The monoisotopic (exact) mass is 379 g/mol. The van der Waals surface area contributed by atoms with Crippen LogP contribution in [0.15, 0.2) is 47.0 Å². The molecule has 2 aromatic carbocycles. The third kappa shape index (κ3) is 3.73. The predicted molar refractivity (Wildman–Crippen MR) is 106 cm³/mol. The molecule has 0 spiro atoms. The van der Waals surface area contributed by atoms with E-state index in [0.717, 1.165) is 42.0 Å². The van der Waals surface area contributed by atoms with Gasteiger partial charge < -0.3 is 14.0 Å². The van der Waals surface area contributed by atoms with Crippen LogP contribution in [0, 0.1) is 6.92 Å². The molecule has 146 valence electrons. The van der Waals surface area contributed by atoms with Crippen LogP contribution in [0.5, 0.6) is 11.5 Å². The van der Waals surface area contributed by atoms with Crippen molar-refractivity contribution < 1.29 is 14.0 Å². The molecule has 0 bridgehead atoms. The summed E-state index contributed by atoms with van der Waals surface area (Å²) in [5.41, 5.74) is 3.31. The normalized spacial score (nSPS) is 17.0. The quantitative estimate of drug-likeness (QED) is 0.633.